The topological polar surface area (TPSA) is 104 Å². The molecule has 5 aromatic rings. The van der Waals surface area contributed by atoms with Crippen molar-refractivity contribution in [3.8, 4) is 11.3 Å². The molecule has 2 N–H and O–H groups in total. The highest BCUT2D eigenvalue weighted by molar-refractivity contribution is 7.89. The molecule has 5 rings (SSSR count). The van der Waals surface area contributed by atoms with Crippen molar-refractivity contribution >= 4 is 44.1 Å². The molecule has 2 amide bonds. The van der Waals surface area contributed by atoms with Crippen LogP contribution in [0.1, 0.15) is 49.9 Å². The van der Waals surface area contributed by atoms with E-state index < -0.39 is 15.6 Å². The highest BCUT2D eigenvalue weighted by Gasteiger charge is 2.24. The number of nitrogens with zero attached hydrogens (tertiary/aromatic N) is 3. The molecule has 11 heteroatoms. The Kier molecular flexibility index (Phi) is 11.1. The van der Waals surface area contributed by atoms with Gasteiger partial charge in [-0.3, -0.25) is 10.3 Å². The SMILES string of the molecule is CC(C)(C)NS(=O)(=O)c1ccc(-c2nc(NC(=O)N(CCc3ccccn3)CCC(c3ccccc3)c3ccccc3)sc2Cl)cc1. The highest BCUT2D eigenvalue weighted by Crippen LogP contribution is 2.36. The van der Waals surface area contributed by atoms with E-state index in [0.29, 0.717) is 46.7 Å². The number of anilines is 1. The number of halogens is 1. The van der Waals surface area contributed by atoms with E-state index in [0.717, 1.165) is 17.0 Å². The second-order valence-electron chi connectivity index (χ2n) is 12.2. The third-order valence-electron chi connectivity index (χ3n) is 7.42. The van der Waals surface area contributed by atoms with E-state index in [2.05, 4.69) is 44.3 Å². The number of thiazole rings is 1. The maximum Gasteiger partial charge on any atom is 0.323 e. The molecule has 0 saturated heterocycles. The summed E-state index contributed by atoms with van der Waals surface area (Å²) in [7, 11) is -3.69. The molecule has 0 saturated carbocycles. The predicted octanol–water partition coefficient (Wildman–Crippen LogP) is 8.23. The average molecular weight is 688 g/mol. The average Bonchev–Trinajstić information content (AvgIpc) is 3.42. The number of pyridine rings is 1. The summed E-state index contributed by atoms with van der Waals surface area (Å²) >= 11 is 7.75. The molecular weight excluding hydrogens is 650 g/mol. The van der Waals surface area contributed by atoms with Crippen LogP contribution < -0.4 is 10.0 Å². The van der Waals surface area contributed by atoms with Gasteiger partial charge < -0.3 is 4.90 Å². The van der Waals surface area contributed by atoms with Crippen LogP contribution in [-0.2, 0) is 16.4 Å². The molecule has 0 fully saturated rings. The molecule has 47 heavy (non-hydrogen) atoms. The Balaban J connectivity index is 1.34. The molecule has 2 heterocycles. The molecule has 0 bridgehead atoms. The van der Waals surface area contributed by atoms with Gasteiger partial charge in [-0.1, -0.05) is 102 Å². The molecule has 8 nitrogen and oxygen atoms in total. The number of amides is 2. The summed E-state index contributed by atoms with van der Waals surface area (Å²) in [6.45, 7) is 6.32. The molecule has 0 aliphatic rings. The van der Waals surface area contributed by atoms with Crippen LogP contribution in [0.4, 0.5) is 9.93 Å². The third kappa shape index (κ3) is 9.48. The molecule has 0 aliphatic heterocycles. The van der Waals surface area contributed by atoms with Gasteiger partial charge >= 0.3 is 6.03 Å². The van der Waals surface area contributed by atoms with Crippen molar-refractivity contribution in [2.75, 3.05) is 18.4 Å². The molecule has 0 atom stereocenters. The second-order valence-corrected chi connectivity index (χ2v) is 15.5. The quantitative estimate of drug-likeness (QED) is 0.138. The number of sulfonamides is 1. The number of hydrogen-bond donors (Lipinski definition) is 2. The molecule has 0 radical (unpaired) electrons. The molecule has 0 unspecified atom stereocenters. The number of urea groups is 1. The van der Waals surface area contributed by atoms with Gasteiger partial charge in [0.15, 0.2) is 5.13 Å². The Morgan fingerprint density at radius 3 is 2.06 bits per heavy atom. The first-order valence-corrected chi connectivity index (χ1v) is 18.0. The van der Waals surface area contributed by atoms with Gasteiger partial charge in [-0.25, -0.2) is 22.9 Å². The van der Waals surface area contributed by atoms with Crippen LogP contribution in [0.15, 0.2) is 114 Å². The van der Waals surface area contributed by atoms with Gasteiger partial charge in [0.25, 0.3) is 0 Å². The third-order valence-corrected chi connectivity index (χ3v) is 10.4. The highest BCUT2D eigenvalue weighted by atomic mass is 35.5. The zero-order chi connectivity index (χ0) is 33.4. The number of benzene rings is 3. The summed E-state index contributed by atoms with van der Waals surface area (Å²) in [5.74, 6) is 0.105. The van der Waals surface area contributed by atoms with Crippen molar-refractivity contribution in [1.82, 2.24) is 19.6 Å². The monoisotopic (exact) mass is 687 g/mol. The largest absolute Gasteiger partial charge is 0.324 e. The molecule has 3 aromatic carbocycles. The summed E-state index contributed by atoms with van der Waals surface area (Å²) in [6, 6.07) is 32.5. The smallest absolute Gasteiger partial charge is 0.323 e. The summed E-state index contributed by atoms with van der Waals surface area (Å²) < 4.78 is 28.5. The lowest BCUT2D eigenvalue weighted by molar-refractivity contribution is 0.210. The van der Waals surface area contributed by atoms with E-state index in [-0.39, 0.29) is 16.8 Å². The first-order valence-electron chi connectivity index (χ1n) is 15.3. The molecule has 2 aromatic heterocycles. The number of carbonyl (C=O) groups is 1. The standard InChI is InChI=1S/C36H38ClN5O3S2/c1-36(2,3)41-47(44,45)30-19-17-28(18-20-30)32-33(37)46-34(39-32)40-35(43)42(24-21-29-16-10-11-23-38-29)25-22-31(26-12-6-4-7-13-26)27-14-8-5-9-15-27/h4-20,23,31,41H,21-22,24-25H2,1-3H3,(H,39,40,43). The van der Waals surface area contributed by atoms with Crippen molar-refractivity contribution < 1.29 is 13.2 Å². The van der Waals surface area contributed by atoms with Gasteiger partial charge in [-0.05, 0) is 62.6 Å². The summed E-state index contributed by atoms with van der Waals surface area (Å²) in [6.07, 6.45) is 3.06. The van der Waals surface area contributed by atoms with Crippen molar-refractivity contribution in [1.29, 1.82) is 0 Å². The number of hydrogen-bond acceptors (Lipinski definition) is 6. The van der Waals surface area contributed by atoms with Gasteiger partial charge in [0, 0.05) is 48.4 Å². The maximum atomic E-state index is 13.8. The summed E-state index contributed by atoms with van der Waals surface area (Å²) in [4.78, 5) is 24.8. The van der Waals surface area contributed by atoms with E-state index in [1.807, 2.05) is 54.6 Å². The van der Waals surface area contributed by atoms with Crippen LogP contribution in [-0.4, -0.2) is 47.9 Å². The van der Waals surface area contributed by atoms with Crippen molar-refractivity contribution in [3.63, 3.8) is 0 Å². The van der Waals surface area contributed by atoms with Crippen LogP contribution in [0.3, 0.4) is 0 Å². The Morgan fingerprint density at radius 2 is 1.49 bits per heavy atom. The predicted molar refractivity (Wildman–Crippen MR) is 191 cm³/mol. The van der Waals surface area contributed by atoms with Gasteiger partial charge in [-0.15, -0.1) is 0 Å². The van der Waals surface area contributed by atoms with Gasteiger partial charge in [-0.2, -0.15) is 0 Å². The van der Waals surface area contributed by atoms with E-state index in [9.17, 15) is 13.2 Å². The normalized spacial score (nSPS) is 11.9. The zero-order valence-corrected chi connectivity index (χ0v) is 28.9. The Bertz CT molecular complexity index is 1820. The number of carbonyl (C=O) groups excluding carboxylic acids is 1. The number of aromatic nitrogens is 2. The van der Waals surface area contributed by atoms with Gasteiger partial charge in [0.05, 0.1) is 4.90 Å². The number of nitrogens with one attached hydrogen (secondary N) is 2. The fourth-order valence-corrected chi connectivity index (χ4v) is 7.74. The van der Waals surface area contributed by atoms with Crippen LogP contribution in [0, 0.1) is 0 Å². The van der Waals surface area contributed by atoms with E-state index >= 15 is 0 Å². The maximum absolute atomic E-state index is 13.8. The Morgan fingerprint density at radius 1 is 0.872 bits per heavy atom. The van der Waals surface area contributed by atoms with Gasteiger partial charge in [0.2, 0.25) is 10.0 Å². The fraction of sp³-hybridized carbons (Fsp3) is 0.250. The van der Waals surface area contributed by atoms with Gasteiger partial charge in [0.1, 0.15) is 10.0 Å². The minimum absolute atomic E-state index is 0.105. The lowest BCUT2D eigenvalue weighted by Gasteiger charge is -2.26. The van der Waals surface area contributed by atoms with Crippen LogP contribution >= 0.6 is 22.9 Å². The van der Waals surface area contributed by atoms with Crippen LogP contribution in [0.2, 0.25) is 4.34 Å². The van der Waals surface area contributed by atoms with Crippen LogP contribution in [0.5, 0.6) is 0 Å². The van der Waals surface area contributed by atoms with Crippen molar-refractivity contribution in [2.45, 2.75) is 50.0 Å². The minimum atomic E-state index is -3.69. The molecule has 0 spiro atoms. The lowest BCUT2D eigenvalue weighted by atomic mass is 9.88. The van der Waals surface area contributed by atoms with Crippen molar-refractivity contribution in [2.24, 2.45) is 0 Å². The van der Waals surface area contributed by atoms with E-state index in [4.69, 9.17) is 11.6 Å². The lowest BCUT2D eigenvalue weighted by Crippen LogP contribution is -2.40. The second kappa shape index (κ2) is 15.2. The molecule has 244 valence electrons. The first-order chi connectivity index (χ1) is 22.5. The summed E-state index contributed by atoms with van der Waals surface area (Å²) in [5.41, 5.74) is 3.77. The Labute approximate surface area is 285 Å². The summed E-state index contributed by atoms with van der Waals surface area (Å²) in [5, 5.41) is 3.31. The Hall–Kier alpha value is -4.09. The van der Waals surface area contributed by atoms with Crippen LogP contribution in [0.25, 0.3) is 11.3 Å². The molecule has 0 aliphatic carbocycles. The minimum Gasteiger partial charge on any atom is -0.324 e. The zero-order valence-electron chi connectivity index (χ0n) is 26.6. The molecular formula is C36H38ClN5O3S2. The van der Waals surface area contributed by atoms with E-state index in [1.54, 1.807) is 44.0 Å². The van der Waals surface area contributed by atoms with E-state index in [1.165, 1.54) is 23.3 Å². The number of rotatable bonds is 12. The van der Waals surface area contributed by atoms with Crippen molar-refractivity contribution in [3.05, 3.63) is 130 Å². The first kappa shape index (κ1) is 34.3. The fourth-order valence-electron chi connectivity index (χ4n) is 5.25.